The molecule has 0 aliphatic carbocycles. The lowest BCUT2D eigenvalue weighted by atomic mass is 9.92. The van der Waals surface area contributed by atoms with E-state index in [1.807, 2.05) is 24.3 Å². The molecule has 2 aromatic carbocycles. The number of carboxylic acids is 1. The maximum atomic E-state index is 11.2. The molecule has 31 heavy (non-hydrogen) atoms. The molecule has 0 aliphatic heterocycles. The van der Waals surface area contributed by atoms with Gasteiger partial charge in [-0.05, 0) is 29.8 Å². The molecule has 9 nitrogen and oxygen atoms in total. The molecule has 0 fully saturated rings. The molecule has 0 unspecified atom stereocenters. The average Bonchev–Trinajstić information content (AvgIpc) is 3.49. The van der Waals surface area contributed by atoms with E-state index < -0.39 is 11.9 Å². The van der Waals surface area contributed by atoms with Crippen molar-refractivity contribution in [3.8, 4) is 23.0 Å². The second-order valence-electron chi connectivity index (χ2n) is 6.65. The fourth-order valence-electron chi connectivity index (χ4n) is 3.16. The first kappa shape index (κ1) is 20.1. The molecule has 0 aliphatic rings. The number of nitrogens with zero attached hydrogens (tertiary/aromatic N) is 3. The zero-order valence-corrected chi connectivity index (χ0v) is 16.6. The van der Waals surface area contributed by atoms with Crippen molar-refractivity contribution in [2.75, 3.05) is 7.11 Å². The molecular weight excluding hydrogens is 402 g/mol. The van der Waals surface area contributed by atoms with E-state index in [-0.39, 0.29) is 13.0 Å². The van der Waals surface area contributed by atoms with Crippen LogP contribution in [0.3, 0.4) is 0 Å². The fraction of sp³-hybridized carbons (Fsp3) is 0.182. The third kappa shape index (κ3) is 4.72. The SMILES string of the molecule is COc1ccccc1-c1nc(COc2ccc([C@H](CC(=O)O)c3ccon3)cc2)no1. The van der Waals surface area contributed by atoms with Crippen molar-refractivity contribution in [1.82, 2.24) is 15.3 Å². The summed E-state index contributed by atoms with van der Waals surface area (Å²) in [7, 11) is 1.58. The number of methoxy groups -OCH3 is 1. The molecule has 1 N–H and O–H groups in total. The zero-order chi connectivity index (χ0) is 21.6. The lowest BCUT2D eigenvalue weighted by molar-refractivity contribution is -0.137. The first-order valence-corrected chi connectivity index (χ1v) is 9.45. The van der Waals surface area contributed by atoms with Crippen LogP contribution in [0.15, 0.2) is 69.9 Å². The molecular formula is C22H19N3O6. The van der Waals surface area contributed by atoms with E-state index in [1.165, 1.54) is 6.26 Å². The van der Waals surface area contributed by atoms with Crippen LogP contribution in [0.4, 0.5) is 0 Å². The minimum Gasteiger partial charge on any atom is -0.496 e. The second kappa shape index (κ2) is 9.12. The van der Waals surface area contributed by atoms with Crippen molar-refractivity contribution >= 4 is 5.97 Å². The molecule has 9 heteroatoms. The Morgan fingerprint density at radius 3 is 2.61 bits per heavy atom. The largest absolute Gasteiger partial charge is 0.496 e. The normalized spacial score (nSPS) is 11.8. The van der Waals surface area contributed by atoms with Gasteiger partial charge in [-0.3, -0.25) is 4.79 Å². The number of rotatable bonds is 9. The molecule has 0 radical (unpaired) electrons. The lowest BCUT2D eigenvalue weighted by Crippen LogP contribution is -2.08. The van der Waals surface area contributed by atoms with Gasteiger partial charge >= 0.3 is 5.97 Å². The summed E-state index contributed by atoms with van der Waals surface area (Å²) < 4.78 is 21.2. The Bertz CT molecular complexity index is 1140. The predicted molar refractivity (Wildman–Crippen MR) is 108 cm³/mol. The minimum atomic E-state index is -0.920. The summed E-state index contributed by atoms with van der Waals surface area (Å²) in [4.78, 5) is 15.6. The highest BCUT2D eigenvalue weighted by atomic mass is 16.5. The number of hydrogen-bond donors (Lipinski definition) is 1. The van der Waals surface area contributed by atoms with Crippen LogP contribution in [0.5, 0.6) is 11.5 Å². The quantitative estimate of drug-likeness (QED) is 0.428. The first-order valence-electron chi connectivity index (χ1n) is 9.45. The number of ether oxygens (including phenoxy) is 2. The van der Waals surface area contributed by atoms with E-state index in [9.17, 15) is 9.90 Å². The third-order valence-electron chi connectivity index (χ3n) is 4.65. The van der Waals surface area contributed by atoms with Gasteiger partial charge in [0.1, 0.15) is 17.8 Å². The third-order valence-corrected chi connectivity index (χ3v) is 4.65. The van der Waals surface area contributed by atoms with E-state index in [0.29, 0.717) is 34.5 Å². The number of benzene rings is 2. The maximum absolute atomic E-state index is 11.2. The average molecular weight is 421 g/mol. The Kier molecular flexibility index (Phi) is 5.93. The van der Waals surface area contributed by atoms with E-state index in [4.69, 9.17) is 18.5 Å². The molecule has 0 spiro atoms. The van der Waals surface area contributed by atoms with Gasteiger partial charge in [0, 0.05) is 12.0 Å². The Morgan fingerprint density at radius 1 is 1.10 bits per heavy atom. The summed E-state index contributed by atoms with van der Waals surface area (Å²) >= 11 is 0. The molecule has 158 valence electrons. The molecule has 0 saturated carbocycles. The highest BCUT2D eigenvalue weighted by Crippen LogP contribution is 2.30. The van der Waals surface area contributed by atoms with Gasteiger partial charge in [0.2, 0.25) is 5.82 Å². The van der Waals surface area contributed by atoms with Gasteiger partial charge in [-0.1, -0.05) is 34.6 Å². The predicted octanol–water partition coefficient (Wildman–Crippen LogP) is 3.92. The van der Waals surface area contributed by atoms with Crippen molar-refractivity contribution in [2.45, 2.75) is 18.9 Å². The van der Waals surface area contributed by atoms with Crippen LogP contribution in [-0.2, 0) is 11.4 Å². The number of aliphatic carboxylic acids is 1. The number of hydrogen-bond acceptors (Lipinski definition) is 8. The second-order valence-corrected chi connectivity index (χ2v) is 6.65. The van der Waals surface area contributed by atoms with Crippen LogP contribution >= 0.6 is 0 Å². The molecule has 0 bridgehead atoms. The van der Waals surface area contributed by atoms with Crippen LogP contribution in [0, 0.1) is 0 Å². The van der Waals surface area contributed by atoms with Gasteiger partial charge in [0.25, 0.3) is 5.89 Å². The van der Waals surface area contributed by atoms with Crippen LogP contribution in [0.25, 0.3) is 11.5 Å². The summed E-state index contributed by atoms with van der Waals surface area (Å²) in [6.45, 7) is 0.111. The molecule has 2 heterocycles. The lowest BCUT2D eigenvalue weighted by Gasteiger charge is -2.13. The highest BCUT2D eigenvalue weighted by molar-refractivity contribution is 5.69. The maximum Gasteiger partial charge on any atom is 0.304 e. The minimum absolute atomic E-state index is 0.0959. The van der Waals surface area contributed by atoms with Crippen molar-refractivity contribution in [3.63, 3.8) is 0 Å². The molecule has 4 rings (SSSR count). The van der Waals surface area contributed by atoms with Gasteiger partial charge in [0.05, 0.1) is 24.8 Å². The standard InChI is InChI=1S/C22H19N3O6/c1-28-19-5-3-2-4-16(19)22-23-20(25-31-22)13-29-15-8-6-14(7-9-15)17(12-21(26)27)18-10-11-30-24-18/h2-11,17H,12-13H2,1H3,(H,26,27)/t17-/m0/s1. The monoisotopic (exact) mass is 421 g/mol. The van der Waals surface area contributed by atoms with E-state index in [1.54, 1.807) is 37.4 Å². The topological polar surface area (TPSA) is 121 Å². The van der Waals surface area contributed by atoms with Crippen molar-refractivity contribution < 1.29 is 28.4 Å². The summed E-state index contributed by atoms with van der Waals surface area (Å²) in [6.07, 6.45) is 1.33. The Hall–Kier alpha value is -4.14. The fourth-order valence-corrected chi connectivity index (χ4v) is 3.16. The summed E-state index contributed by atoms with van der Waals surface area (Å²) in [5.74, 6) is 0.618. The zero-order valence-electron chi connectivity index (χ0n) is 16.6. The molecule has 0 saturated heterocycles. The number of carbonyl (C=O) groups is 1. The van der Waals surface area contributed by atoms with Crippen LogP contribution < -0.4 is 9.47 Å². The number of para-hydroxylation sites is 1. The van der Waals surface area contributed by atoms with E-state index >= 15 is 0 Å². The smallest absolute Gasteiger partial charge is 0.304 e. The van der Waals surface area contributed by atoms with Crippen LogP contribution in [0.2, 0.25) is 0 Å². The van der Waals surface area contributed by atoms with E-state index in [2.05, 4.69) is 15.3 Å². The number of carboxylic acid groups (broad SMARTS) is 1. The molecule has 1 atom stereocenters. The van der Waals surface area contributed by atoms with Crippen molar-refractivity contribution in [3.05, 3.63) is 77.9 Å². The Balaban J connectivity index is 1.43. The summed E-state index contributed by atoms with van der Waals surface area (Å²) in [5, 5.41) is 17.0. The molecule has 0 amide bonds. The van der Waals surface area contributed by atoms with Crippen LogP contribution in [-0.4, -0.2) is 33.5 Å². The number of aromatic nitrogens is 3. The van der Waals surface area contributed by atoms with Gasteiger partial charge in [-0.25, -0.2) is 0 Å². The van der Waals surface area contributed by atoms with Crippen molar-refractivity contribution in [2.24, 2.45) is 0 Å². The van der Waals surface area contributed by atoms with Crippen molar-refractivity contribution in [1.29, 1.82) is 0 Å². The van der Waals surface area contributed by atoms with Gasteiger partial charge in [-0.2, -0.15) is 4.98 Å². The van der Waals surface area contributed by atoms with Gasteiger partial charge < -0.3 is 23.6 Å². The van der Waals surface area contributed by atoms with Crippen LogP contribution in [0.1, 0.15) is 29.4 Å². The molecule has 2 aromatic heterocycles. The van der Waals surface area contributed by atoms with Gasteiger partial charge in [0.15, 0.2) is 6.61 Å². The first-order chi connectivity index (χ1) is 15.1. The summed E-state index contributed by atoms with van der Waals surface area (Å²) in [5.41, 5.74) is 2.05. The Morgan fingerprint density at radius 2 is 1.90 bits per heavy atom. The summed E-state index contributed by atoms with van der Waals surface area (Å²) in [6, 6.07) is 16.1. The molecule has 4 aromatic rings. The highest BCUT2D eigenvalue weighted by Gasteiger charge is 2.20. The van der Waals surface area contributed by atoms with Gasteiger partial charge in [-0.15, -0.1) is 0 Å². The Labute approximate surface area is 177 Å². The van der Waals surface area contributed by atoms with E-state index in [0.717, 1.165) is 5.56 Å².